The Labute approximate surface area is 91.1 Å². The topological polar surface area (TPSA) is 30.7 Å². The Hall–Kier alpha value is -0.445. The van der Waals surface area contributed by atoms with Gasteiger partial charge in [-0.2, -0.15) is 12.6 Å². The molecule has 1 aliphatic carbocycles. The minimum Gasteiger partial charge on any atom is -0.252 e. The van der Waals surface area contributed by atoms with Crippen LogP contribution in [0.4, 0.5) is 0 Å². The molecule has 0 aromatic carbocycles. The van der Waals surface area contributed by atoms with Crippen molar-refractivity contribution in [2.75, 3.05) is 5.75 Å². The van der Waals surface area contributed by atoms with E-state index in [1.54, 1.807) is 0 Å². The zero-order valence-corrected chi connectivity index (χ0v) is 9.24. The van der Waals surface area contributed by atoms with Crippen LogP contribution in [0.3, 0.4) is 0 Å². The molecule has 1 atom stereocenters. The molecule has 5 heteroatoms. The molecule has 0 spiro atoms. The molecule has 2 rings (SSSR count). The van der Waals surface area contributed by atoms with Crippen molar-refractivity contribution >= 4 is 20.5 Å². The molecular formula is C9H14BN3S. The van der Waals surface area contributed by atoms with Gasteiger partial charge in [0.25, 0.3) is 0 Å². The lowest BCUT2D eigenvalue weighted by Gasteiger charge is -2.06. The molecule has 14 heavy (non-hydrogen) atoms. The van der Waals surface area contributed by atoms with E-state index in [1.807, 2.05) is 10.9 Å². The van der Waals surface area contributed by atoms with E-state index in [2.05, 4.69) is 29.9 Å². The van der Waals surface area contributed by atoms with Crippen LogP contribution < -0.4 is 0 Å². The Morgan fingerprint density at radius 3 is 3.00 bits per heavy atom. The molecule has 0 aliphatic heterocycles. The summed E-state index contributed by atoms with van der Waals surface area (Å²) >= 11 is 4.23. The van der Waals surface area contributed by atoms with Crippen molar-refractivity contribution in [2.45, 2.75) is 37.5 Å². The smallest absolute Gasteiger partial charge is 0.0863 e. The van der Waals surface area contributed by atoms with Crippen LogP contribution in [0.25, 0.3) is 0 Å². The predicted octanol–water partition coefficient (Wildman–Crippen LogP) is 1.43. The van der Waals surface area contributed by atoms with Gasteiger partial charge < -0.3 is 0 Å². The van der Waals surface area contributed by atoms with E-state index in [0.717, 1.165) is 30.8 Å². The second-order valence-electron chi connectivity index (χ2n) is 4.29. The number of aromatic nitrogens is 3. The van der Waals surface area contributed by atoms with E-state index in [1.165, 1.54) is 0 Å². The first-order valence-electron chi connectivity index (χ1n) is 4.93. The fourth-order valence-corrected chi connectivity index (χ4v) is 1.54. The van der Waals surface area contributed by atoms with Crippen LogP contribution in [0, 0.1) is 0 Å². The second kappa shape index (κ2) is 3.61. The van der Waals surface area contributed by atoms with Gasteiger partial charge >= 0.3 is 0 Å². The SMILES string of the molecule is [B]C1(Cn2cc(C(C)CS)nn2)CC1. The van der Waals surface area contributed by atoms with Crippen molar-refractivity contribution in [1.29, 1.82) is 0 Å². The average Bonchev–Trinajstić information content (AvgIpc) is 2.71. The molecule has 1 saturated carbocycles. The number of hydrogen-bond donors (Lipinski definition) is 1. The maximum Gasteiger partial charge on any atom is 0.0863 e. The quantitative estimate of drug-likeness (QED) is 0.598. The molecule has 0 amide bonds. The number of nitrogens with zero attached hydrogens (tertiary/aromatic N) is 3. The molecule has 1 heterocycles. The summed E-state index contributed by atoms with van der Waals surface area (Å²) in [4.78, 5) is 0. The molecule has 1 unspecified atom stereocenters. The maximum absolute atomic E-state index is 5.99. The lowest BCUT2D eigenvalue weighted by Crippen LogP contribution is -2.06. The summed E-state index contributed by atoms with van der Waals surface area (Å²) < 4.78 is 1.85. The number of hydrogen-bond acceptors (Lipinski definition) is 3. The molecular weight excluding hydrogens is 193 g/mol. The van der Waals surface area contributed by atoms with Gasteiger partial charge in [0.2, 0.25) is 0 Å². The van der Waals surface area contributed by atoms with Crippen molar-refractivity contribution < 1.29 is 0 Å². The summed E-state index contributed by atoms with van der Waals surface area (Å²) in [7, 11) is 5.99. The first-order valence-corrected chi connectivity index (χ1v) is 5.56. The standard InChI is InChI=1S/C9H14BN3S/c1-7(5-14)8-4-13(12-11-8)6-9(10)2-3-9/h4,7,14H,2-3,5-6H2,1H3. The molecule has 3 nitrogen and oxygen atoms in total. The zero-order chi connectivity index (χ0) is 10.2. The highest BCUT2D eigenvalue weighted by molar-refractivity contribution is 7.80. The van der Waals surface area contributed by atoms with Crippen LogP contribution in [-0.2, 0) is 6.54 Å². The molecule has 0 bridgehead atoms. The van der Waals surface area contributed by atoms with Crippen molar-refractivity contribution in [3.63, 3.8) is 0 Å². The number of rotatable bonds is 4. The number of thiol groups is 1. The van der Waals surface area contributed by atoms with Gasteiger partial charge in [-0.25, -0.2) is 0 Å². The van der Waals surface area contributed by atoms with Gasteiger partial charge in [0.15, 0.2) is 0 Å². The first kappa shape index (κ1) is 10.1. The van der Waals surface area contributed by atoms with Gasteiger partial charge in [0.05, 0.1) is 13.5 Å². The van der Waals surface area contributed by atoms with Crippen LogP contribution in [0.15, 0.2) is 6.20 Å². The van der Waals surface area contributed by atoms with Gasteiger partial charge in [-0.15, -0.1) is 5.10 Å². The average molecular weight is 207 g/mol. The van der Waals surface area contributed by atoms with Crippen LogP contribution in [0.5, 0.6) is 0 Å². The Kier molecular flexibility index (Phi) is 2.60. The Balaban J connectivity index is 2.02. The van der Waals surface area contributed by atoms with E-state index in [-0.39, 0.29) is 5.31 Å². The molecule has 1 aromatic rings. The van der Waals surface area contributed by atoms with Crippen LogP contribution in [0.1, 0.15) is 31.4 Å². The maximum atomic E-state index is 5.99. The van der Waals surface area contributed by atoms with E-state index in [0.29, 0.717) is 5.92 Å². The largest absolute Gasteiger partial charge is 0.252 e. The lowest BCUT2D eigenvalue weighted by molar-refractivity contribution is 0.555. The zero-order valence-electron chi connectivity index (χ0n) is 8.35. The third-order valence-corrected chi connectivity index (χ3v) is 3.25. The normalized spacial score (nSPS) is 20.7. The van der Waals surface area contributed by atoms with Crippen LogP contribution in [-0.4, -0.2) is 28.6 Å². The highest BCUT2D eigenvalue weighted by Crippen LogP contribution is 2.51. The molecule has 1 fully saturated rings. The van der Waals surface area contributed by atoms with Gasteiger partial charge in [-0.3, -0.25) is 4.68 Å². The van der Waals surface area contributed by atoms with Gasteiger partial charge in [-0.05, 0) is 11.1 Å². The Morgan fingerprint density at radius 2 is 2.43 bits per heavy atom. The minimum absolute atomic E-state index is 0.00479. The second-order valence-corrected chi connectivity index (χ2v) is 4.65. The Morgan fingerprint density at radius 1 is 1.71 bits per heavy atom. The molecule has 1 aromatic heterocycles. The first-order chi connectivity index (χ1) is 6.63. The van der Waals surface area contributed by atoms with Crippen molar-refractivity contribution in [3.05, 3.63) is 11.9 Å². The fourth-order valence-electron chi connectivity index (χ4n) is 1.35. The predicted molar refractivity (Wildman–Crippen MR) is 60.0 cm³/mol. The van der Waals surface area contributed by atoms with Gasteiger partial charge in [0.1, 0.15) is 0 Å². The van der Waals surface area contributed by atoms with Gasteiger partial charge in [0, 0.05) is 18.7 Å². The van der Waals surface area contributed by atoms with Crippen molar-refractivity contribution in [1.82, 2.24) is 15.0 Å². The third kappa shape index (κ3) is 2.14. The van der Waals surface area contributed by atoms with E-state index in [9.17, 15) is 0 Å². The van der Waals surface area contributed by atoms with E-state index >= 15 is 0 Å². The van der Waals surface area contributed by atoms with Crippen molar-refractivity contribution in [2.24, 2.45) is 0 Å². The molecule has 2 radical (unpaired) electrons. The van der Waals surface area contributed by atoms with Crippen LogP contribution >= 0.6 is 12.6 Å². The molecule has 0 saturated heterocycles. The molecule has 0 N–H and O–H groups in total. The molecule has 1 aliphatic rings. The monoisotopic (exact) mass is 207 g/mol. The summed E-state index contributed by atoms with van der Waals surface area (Å²) in [6, 6.07) is 0. The lowest BCUT2D eigenvalue weighted by atomic mass is 9.83. The highest BCUT2D eigenvalue weighted by atomic mass is 32.1. The van der Waals surface area contributed by atoms with E-state index < -0.39 is 0 Å². The summed E-state index contributed by atoms with van der Waals surface area (Å²) in [5, 5.41) is 8.17. The Bertz CT molecular complexity index is 322. The fraction of sp³-hybridized carbons (Fsp3) is 0.778. The molecule has 74 valence electrons. The third-order valence-electron chi connectivity index (χ3n) is 2.70. The minimum atomic E-state index is -0.00479. The highest BCUT2D eigenvalue weighted by Gasteiger charge is 2.37. The van der Waals surface area contributed by atoms with Crippen molar-refractivity contribution in [3.8, 4) is 0 Å². The summed E-state index contributed by atoms with van der Waals surface area (Å²) in [6.45, 7) is 2.88. The summed E-state index contributed by atoms with van der Waals surface area (Å²) in [5.74, 6) is 1.16. The van der Waals surface area contributed by atoms with Crippen LogP contribution in [0.2, 0.25) is 5.31 Å². The van der Waals surface area contributed by atoms with E-state index in [4.69, 9.17) is 7.85 Å². The summed E-state index contributed by atoms with van der Waals surface area (Å²) in [6.07, 6.45) is 4.18. The van der Waals surface area contributed by atoms with Gasteiger partial charge in [-0.1, -0.05) is 25.0 Å². The summed E-state index contributed by atoms with van der Waals surface area (Å²) in [5.41, 5.74) is 1.00.